The molecule has 1 aromatic heterocycles. The van der Waals surface area contributed by atoms with Crippen LogP contribution in [0.1, 0.15) is 33.0 Å². The van der Waals surface area contributed by atoms with Gasteiger partial charge in [-0.15, -0.1) is 10.2 Å². The molecule has 0 unspecified atom stereocenters. The van der Waals surface area contributed by atoms with Crippen molar-refractivity contribution in [3.05, 3.63) is 48.3 Å². The summed E-state index contributed by atoms with van der Waals surface area (Å²) in [7, 11) is 0. The maximum atomic E-state index is 12.8. The molecule has 1 heterocycles. The Hall–Kier alpha value is -2.87. The number of primary amides is 1. The van der Waals surface area contributed by atoms with Crippen molar-refractivity contribution in [2.24, 2.45) is 11.7 Å². The normalized spacial score (nSPS) is 12.3. The Balaban J connectivity index is 1.71. The molecule has 3 aromatic rings. The average molecular weight is 426 g/mol. The predicted molar refractivity (Wildman–Crippen MR) is 120 cm³/mol. The van der Waals surface area contributed by atoms with Crippen LogP contribution >= 0.6 is 11.8 Å². The molecule has 158 valence electrons. The number of anilines is 1. The molecule has 2 aromatic carbocycles. The number of carbonyl (C=O) groups is 2. The molecule has 0 fully saturated rings. The van der Waals surface area contributed by atoms with Gasteiger partial charge in [0.1, 0.15) is 5.82 Å². The summed E-state index contributed by atoms with van der Waals surface area (Å²) < 4.78 is 1.98. The van der Waals surface area contributed by atoms with Gasteiger partial charge in [0.25, 0.3) is 0 Å². The lowest BCUT2D eigenvalue weighted by Gasteiger charge is -2.15. The number of aryl methyl sites for hydroxylation is 1. The van der Waals surface area contributed by atoms with Gasteiger partial charge in [0.05, 0.1) is 5.25 Å². The number of rotatable bonds is 9. The van der Waals surface area contributed by atoms with Crippen LogP contribution in [0.3, 0.4) is 0 Å². The fourth-order valence-electron chi connectivity index (χ4n) is 3.10. The first-order chi connectivity index (χ1) is 14.3. The van der Waals surface area contributed by atoms with E-state index in [1.807, 2.05) is 54.0 Å². The highest BCUT2D eigenvalue weighted by molar-refractivity contribution is 8.00. The van der Waals surface area contributed by atoms with E-state index in [0.29, 0.717) is 29.9 Å². The summed E-state index contributed by atoms with van der Waals surface area (Å²) in [6.45, 7) is 6.76. The van der Waals surface area contributed by atoms with Crippen molar-refractivity contribution in [2.75, 3.05) is 5.32 Å². The highest BCUT2D eigenvalue weighted by Gasteiger charge is 2.21. The number of hydrogen-bond donors (Lipinski definition) is 2. The second kappa shape index (κ2) is 9.75. The Morgan fingerprint density at radius 1 is 1.10 bits per heavy atom. The number of benzene rings is 2. The molecule has 8 heteroatoms. The lowest BCUT2D eigenvalue weighted by Crippen LogP contribution is -2.23. The van der Waals surface area contributed by atoms with Crippen molar-refractivity contribution >= 4 is 40.0 Å². The highest BCUT2D eigenvalue weighted by Crippen LogP contribution is 2.26. The van der Waals surface area contributed by atoms with Gasteiger partial charge in [0, 0.05) is 25.1 Å². The maximum Gasteiger partial charge on any atom is 0.237 e. The summed E-state index contributed by atoms with van der Waals surface area (Å²) >= 11 is 1.36. The van der Waals surface area contributed by atoms with Crippen LogP contribution in [-0.4, -0.2) is 31.8 Å². The van der Waals surface area contributed by atoms with Crippen molar-refractivity contribution in [1.82, 2.24) is 14.8 Å². The van der Waals surface area contributed by atoms with Crippen molar-refractivity contribution < 1.29 is 9.59 Å². The molecule has 0 bridgehead atoms. The summed E-state index contributed by atoms with van der Waals surface area (Å²) in [6, 6.07) is 13.9. The molecule has 1 atom stereocenters. The van der Waals surface area contributed by atoms with Gasteiger partial charge in [0.15, 0.2) is 5.16 Å². The number of fused-ring (bicyclic) bond motifs is 1. The zero-order valence-electron chi connectivity index (χ0n) is 17.5. The lowest BCUT2D eigenvalue weighted by molar-refractivity contribution is -0.118. The van der Waals surface area contributed by atoms with Gasteiger partial charge in [-0.2, -0.15) is 0 Å². The van der Waals surface area contributed by atoms with E-state index in [1.165, 1.54) is 11.8 Å². The largest absolute Gasteiger partial charge is 0.370 e. The molecular formula is C22H27N5O2S. The van der Waals surface area contributed by atoms with E-state index < -0.39 is 0 Å². The third-order valence-electron chi connectivity index (χ3n) is 4.60. The molecule has 3 rings (SSSR count). The van der Waals surface area contributed by atoms with Crippen molar-refractivity contribution in [3.8, 4) is 0 Å². The molecule has 0 spiro atoms. The third kappa shape index (κ3) is 5.60. The van der Waals surface area contributed by atoms with Crippen LogP contribution in [0.15, 0.2) is 47.6 Å². The summed E-state index contributed by atoms with van der Waals surface area (Å²) in [4.78, 5) is 23.9. The molecule has 7 nitrogen and oxygen atoms in total. The second-order valence-electron chi connectivity index (χ2n) is 7.68. The van der Waals surface area contributed by atoms with Gasteiger partial charge in [0.2, 0.25) is 11.8 Å². The number of nitrogens with zero attached hydrogens (tertiary/aromatic N) is 3. The Morgan fingerprint density at radius 2 is 1.83 bits per heavy atom. The van der Waals surface area contributed by atoms with Gasteiger partial charge < -0.3 is 15.6 Å². The maximum absolute atomic E-state index is 12.8. The van der Waals surface area contributed by atoms with Gasteiger partial charge in [-0.05, 0) is 35.7 Å². The number of hydrogen-bond acceptors (Lipinski definition) is 5. The highest BCUT2D eigenvalue weighted by atomic mass is 32.2. The molecule has 3 N–H and O–H groups in total. The molecule has 0 aliphatic heterocycles. The topological polar surface area (TPSA) is 103 Å². The quantitative estimate of drug-likeness (QED) is 0.510. The monoisotopic (exact) mass is 425 g/mol. The second-order valence-corrected chi connectivity index (χ2v) is 8.99. The summed E-state index contributed by atoms with van der Waals surface area (Å²) in [5, 5.41) is 14.0. The van der Waals surface area contributed by atoms with Gasteiger partial charge in [-0.3, -0.25) is 9.59 Å². The Bertz CT molecular complexity index is 1050. The van der Waals surface area contributed by atoms with Crippen LogP contribution in [0, 0.1) is 5.92 Å². The molecule has 0 saturated heterocycles. The number of carbonyl (C=O) groups excluding carboxylic acids is 2. The molecular weight excluding hydrogens is 398 g/mol. The zero-order valence-corrected chi connectivity index (χ0v) is 18.3. The van der Waals surface area contributed by atoms with Crippen molar-refractivity contribution in [3.63, 3.8) is 0 Å². The lowest BCUT2D eigenvalue weighted by atomic mass is 10.1. The van der Waals surface area contributed by atoms with Crippen LogP contribution in [0.25, 0.3) is 10.8 Å². The van der Waals surface area contributed by atoms with Crippen LogP contribution in [0.4, 0.5) is 5.69 Å². The van der Waals surface area contributed by atoms with E-state index >= 15 is 0 Å². The number of thioether (sulfide) groups is 1. The predicted octanol–water partition coefficient (Wildman–Crippen LogP) is 3.62. The summed E-state index contributed by atoms with van der Waals surface area (Å²) in [5.41, 5.74) is 6.03. The first-order valence-corrected chi connectivity index (χ1v) is 10.9. The average Bonchev–Trinajstić information content (AvgIpc) is 3.06. The molecule has 0 aliphatic carbocycles. The number of amides is 2. The minimum Gasteiger partial charge on any atom is -0.370 e. The molecule has 0 saturated carbocycles. The van der Waals surface area contributed by atoms with Crippen LogP contribution < -0.4 is 11.1 Å². The Kier molecular flexibility index (Phi) is 7.10. The van der Waals surface area contributed by atoms with Crippen LogP contribution in [0.2, 0.25) is 0 Å². The van der Waals surface area contributed by atoms with E-state index in [9.17, 15) is 9.59 Å². The molecule has 2 amide bonds. The molecule has 30 heavy (non-hydrogen) atoms. The Morgan fingerprint density at radius 3 is 2.53 bits per heavy atom. The zero-order chi connectivity index (χ0) is 21.7. The first-order valence-electron chi connectivity index (χ1n) is 10.00. The third-order valence-corrected chi connectivity index (χ3v) is 5.69. The Labute approximate surface area is 180 Å². The van der Waals surface area contributed by atoms with Crippen molar-refractivity contribution in [1.29, 1.82) is 0 Å². The van der Waals surface area contributed by atoms with E-state index in [2.05, 4.69) is 29.4 Å². The SMILES string of the molecule is CC(C)Cn1c(CCC(N)=O)nnc1S[C@@H](C)C(=O)Nc1ccc2ccccc2c1. The van der Waals surface area contributed by atoms with Gasteiger partial charge in [-0.25, -0.2) is 0 Å². The van der Waals surface area contributed by atoms with E-state index in [0.717, 1.165) is 16.5 Å². The molecule has 0 aliphatic rings. The summed E-state index contributed by atoms with van der Waals surface area (Å²) in [5.74, 6) is 0.612. The van der Waals surface area contributed by atoms with E-state index in [4.69, 9.17) is 5.73 Å². The smallest absolute Gasteiger partial charge is 0.237 e. The fraction of sp³-hybridized carbons (Fsp3) is 0.364. The number of nitrogens with one attached hydrogen (secondary N) is 1. The van der Waals surface area contributed by atoms with E-state index in [1.54, 1.807) is 0 Å². The van der Waals surface area contributed by atoms with E-state index in [-0.39, 0.29) is 23.5 Å². The first kappa shape index (κ1) is 21.8. The van der Waals surface area contributed by atoms with Crippen LogP contribution in [-0.2, 0) is 22.6 Å². The van der Waals surface area contributed by atoms with Gasteiger partial charge >= 0.3 is 0 Å². The minimum absolute atomic E-state index is 0.104. The van der Waals surface area contributed by atoms with Crippen LogP contribution in [0.5, 0.6) is 0 Å². The summed E-state index contributed by atoms with van der Waals surface area (Å²) in [6.07, 6.45) is 0.659. The number of aromatic nitrogens is 3. The van der Waals surface area contributed by atoms with Crippen molar-refractivity contribution in [2.45, 2.75) is 50.6 Å². The fourth-order valence-corrected chi connectivity index (χ4v) is 3.97. The minimum atomic E-state index is -0.369. The van der Waals surface area contributed by atoms with Gasteiger partial charge in [-0.1, -0.05) is 55.9 Å². The standard InChI is InChI=1S/C22H27N5O2S/c1-14(2)13-27-20(11-10-19(23)28)25-26-22(27)30-15(3)21(29)24-18-9-8-16-6-4-5-7-17(16)12-18/h4-9,12,14-15H,10-11,13H2,1-3H3,(H2,23,28)(H,24,29)/t15-/m0/s1. The molecule has 0 radical (unpaired) electrons. The number of nitrogens with two attached hydrogens (primary N) is 1.